The average molecular weight is 574 g/mol. The summed E-state index contributed by atoms with van der Waals surface area (Å²) >= 11 is -4.55. The number of hydrogen-bond acceptors (Lipinski definition) is 7. The Morgan fingerprint density at radius 2 is 0.848 bits per heavy atom. The number of unbranched alkanes of at least 4 members (excludes halogenated alkanes) is 3. The first-order chi connectivity index (χ1) is 15.8. The van der Waals surface area contributed by atoms with Gasteiger partial charge in [0, 0.05) is 0 Å². The van der Waals surface area contributed by atoms with Crippen molar-refractivity contribution in [3.63, 3.8) is 0 Å². The van der Waals surface area contributed by atoms with Gasteiger partial charge in [0.1, 0.15) is 0 Å². The van der Waals surface area contributed by atoms with Gasteiger partial charge in [0.25, 0.3) is 0 Å². The summed E-state index contributed by atoms with van der Waals surface area (Å²) in [7, 11) is -3.65. The molecule has 0 rings (SSSR count). The van der Waals surface area contributed by atoms with Crippen molar-refractivity contribution >= 4 is 9.05 Å². The van der Waals surface area contributed by atoms with Crippen LogP contribution >= 0.6 is 0 Å². The van der Waals surface area contributed by atoms with Crippen LogP contribution in [0.5, 0.6) is 0 Å². The fraction of sp³-hybridized carbons (Fsp3) is 1.00. The molecule has 0 aliphatic heterocycles. The molecule has 0 fully saturated rings. The number of hydrogen-bond donors (Lipinski definition) is 0. The van der Waals surface area contributed by atoms with Crippen LogP contribution in [0, 0.1) is 0 Å². The molecule has 7 nitrogen and oxygen atoms in total. The summed E-state index contributed by atoms with van der Waals surface area (Å²) in [6.45, 7) is 20.3. The van der Waals surface area contributed by atoms with Gasteiger partial charge in [-0.1, -0.05) is 0 Å². The van der Waals surface area contributed by atoms with Gasteiger partial charge >= 0.3 is 214 Å². The van der Waals surface area contributed by atoms with E-state index in [0.717, 1.165) is 57.8 Å². The van der Waals surface area contributed by atoms with Gasteiger partial charge < -0.3 is 0 Å². The first-order valence-corrected chi connectivity index (χ1v) is 19.1. The maximum absolute atomic E-state index is 6.80. The zero-order valence-electron chi connectivity index (χ0n) is 23.1. The summed E-state index contributed by atoms with van der Waals surface area (Å²) in [4.78, 5) is 0. The zero-order chi connectivity index (χ0) is 25.2. The molecule has 0 heterocycles. The topological polar surface area (TPSA) is 64.6 Å². The summed E-state index contributed by atoms with van der Waals surface area (Å²) in [5.74, 6) is 0. The van der Waals surface area contributed by atoms with Crippen molar-refractivity contribution in [1.29, 1.82) is 0 Å². The third-order valence-electron chi connectivity index (χ3n) is 5.34. The maximum atomic E-state index is 6.80. The van der Waals surface area contributed by atoms with Crippen LogP contribution in [0.3, 0.4) is 0 Å². The van der Waals surface area contributed by atoms with Crippen molar-refractivity contribution in [3.8, 4) is 0 Å². The second-order valence-electron chi connectivity index (χ2n) is 8.72. The minimum atomic E-state index is -4.55. The molecule has 3 atom stereocenters. The van der Waals surface area contributed by atoms with Crippen molar-refractivity contribution < 1.29 is 46.2 Å². The van der Waals surface area contributed by atoms with E-state index < -0.39 is 31.1 Å². The summed E-state index contributed by atoms with van der Waals surface area (Å²) < 4.78 is 45.5. The van der Waals surface area contributed by atoms with E-state index in [-0.39, 0.29) is 18.3 Å². The van der Waals surface area contributed by atoms with E-state index in [1.54, 1.807) is 0 Å². The summed E-state index contributed by atoms with van der Waals surface area (Å²) in [5.41, 5.74) is 0. The van der Waals surface area contributed by atoms with E-state index in [9.17, 15) is 0 Å². The second-order valence-corrected chi connectivity index (χ2v) is 16.7. The fourth-order valence-electron chi connectivity index (χ4n) is 2.54. The Bertz CT molecular complexity index is 401. The van der Waals surface area contributed by atoms with Crippen LogP contribution in [-0.2, 0) is 46.2 Å². The Hall–Kier alpha value is 0.820. The molecule has 33 heavy (non-hydrogen) atoms. The van der Waals surface area contributed by atoms with Crippen LogP contribution in [0.25, 0.3) is 0 Å². The van der Waals surface area contributed by atoms with E-state index in [0.29, 0.717) is 19.8 Å². The molecule has 0 aliphatic rings. The first-order valence-electron chi connectivity index (χ1n) is 13.4. The van der Waals surface area contributed by atoms with Gasteiger partial charge in [-0.25, -0.2) is 0 Å². The van der Waals surface area contributed by atoms with Crippen LogP contribution in [0.15, 0.2) is 0 Å². The van der Waals surface area contributed by atoms with Gasteiger partial charge in [-0.3, -0.25) is 0 Å². The monoisotopic (exact) mass is 572 g/mol. The van der Waals surface area contributed by atoms with E-state index in [2.05, 4.69) is 41.5 Å². The van der Waals surface area contributed by atoms with E-state index in [4.69, 9.17) is 24.2 Å². The quantitative estimate of drug-likeness (QED) is 0.0950. The molecule has 200 valence electrons. The van der Waals surface area contributed by atoms with Gasteiger partial charge in [-0.05, 0) is 0 Å². The van der Waals surface area contributed by atoms with Crippen molar-refractivity contribution in [2.75, 3.05) is 19.8 Å². The molecule has 0 saturated carbocycles. The normalized spacial score (nSPS) is 17.0. The molecule has 0 spiro atoms. The summed E-state index contributed by atoms with van der Waals surface area (Å²) in [5, 5.41) is 0. The Morgan fingerprint density at radius 3 is 1.09 bits per heavy atom. The molecule has 0 N–H and O–H groups in total. The second kappa shape index (κ2) is 19.9. The molecular weight excluding hydrogens is 520 g/mol. The van der Waals surface area contributed by atoms with Crippen molar-refractivity contribution in [2.45, 2.75) is 138 Å². The average Bonchev–Trinajstić information content (AvgIpc) is 2.79. The van der Waals surface area contributed by atoms with Crippen LogP contribution in [0.1, 0.15) is 120 Å². The number of rotatable bonds is 23. The molecule has 0 aromatic carbocycles. The molecule has 0 aromatic heterocycles. The van der Waals surface area contributed by atoms with Crippen LogP contribution in [-0.4, -0.2) is 47.2 Å². The van der Waals surface area contributed by atoms with Gasteiger partial charge in [0.05, 0.1) is 0 Å². The molecule has 0 saturated heterocycles. The standard InChI is InChI=1S/C12H27O4Si.3C4H9O.Zr/c1-7-10(4)14-17(13,15-11(5)8-2)16-12(6)9-3;3*1-2-3-4-5;/h10-12H,7-9H2,1-6H3;3*2-4H2,1H3;/q4*-1;+4. The molecule has 9 heteroatoms. The van der Waals surface area contributed by atoms with Gasteiger partial charge in [0.15, 0.2) is 0 Å². The Morgan fingerprint density at radius 1 is 0.545 bits per heavy atom. The predicted molar refractivity (Wildman–Crippen MR) is 132 cm³/mol. The fourth-order valence-corrected chi connectivity index (χ4v) is 13.5. The Labute approximate surface area is 212 Å². The third-order valence-corrected chi connectivity index (χ3v) is 15.7. The molecule has 0 radical (unpaired) electrons. The SMILES string of the molecule is CCCC[O][Zr]([O]CCCC)([O]CCCC)[O][Si](OC(C)CC)(OC(C)CC)OC(C)CC. The summed E-state index contributed by atoms with van der Waals surface area (Å²) in [6, 6.07) is 0. The van der Waals surface area contributed by atoms with E-state index in [1.165, 1.54) is 0 Å². The first kappa shape index (κ1) is 33.8. The predicted octanol–water partition coefficient (Wildman–Crippen LogP) is 7.15. The molecule has 3 unspecified atom stereocenters. The van der Waals surface area contributed by atoms with Gasteiger partial charge in [-0.15, -0.1) is 0 Å². The zero-order valence-corrected chi connectivity index (χ0v) is 26.5. The van der Waals surface area contributed by atoms with Gasteiger partial charge in [-0.2, -0.15) is 0 Å². The van der Waals surface area contributed by atoms with Crippen molar-refractivity contribution in [1.82, 2.24) is 0 Å². The molecular formula is C24H54O7SiZr. The van der Waals surface area contributed by atoms with Gasteiger partial charge in [0.2, 0.25) is 0 Å². The Kier molecular flexibility index (Phi) is 20.4. The molecule has 0 amide bonds. The summed E-state index contributed by atoms with van der Waals surface area (Å²) in [6.07, 6.45) is 7.98. The minimum absolute atomic E-state index is 0.0873. The van der Waals surface area contributed by atoms with Crippen molar-refractivity contribution in [2.24, 2.45) is 0 Å². The van der Waals surface area contributed by atoms with E-state index in [1.807, 2.05) is 20.8 Å². The Balaban J connectivity index is 6.25. The van der Waals surface area contributed by atoms with Crippen LogP contribution < -0.4 is 0 Å². The molecule has 0 bridgehead atoms. The van der Waals surface area contributed by atoms with E-state index >= 15 is 0 Å². The van der Waals surface area contributed by atoms with Crippen molar-refractivity contribution in [3.05, 3.63) is 0 Å². The third kappa shape index (κ3) is 14.8. The molecule has 0 aliphatic carbocycles. The van der Waals surface area contributed by atoms with Crippen LogP contribution in [0.4, 0.5) is 0 Å². The van der Waals surface area contributed by atoms with Crippen LogP contribution in [0.2, 0.25) is 0 Å². The molecule has 0 aromatic rings.